The van der Waals surface area contributed by atoms with Crippen molar-refractivity contribution in [2.75, 3.05) is 5.32 Å². The average molecular weight is 438 g/mol. The van der Waals surface area contributed by atoms with E-state index in [-0.39, 0.29) is 16.9 Å². The van der Waals surface area contributed by atoms with Crippen molar-refractivity contribution < 1.29 is 14.6 Å². The molecule has 1 heterocycles. The molecule has 1 aliphatic heterocycles. The van der Waals surface area contributed by atoms with Crippen molar-refractivity contribution in [3.05, 3.63) is 57.6 Å². The Bertz CT molecular complexity index is 1010. The predicted octanol–water partition coefficient (Wildman–Crippen LogP) is 6.60. The number of fused-ring (bicyclic) bond motifs is 1. The van der Waals surface area contributed by atoms with E-state index in [1.165, 1.54) is 5.56 Å². The second-order valence-corrected chi connectivity index (χ2v) is 11.4. The molecule has 1 aliphatic rings. The van der Waals surface area contributed by atoms with E-state index >= 15 is 0 Å². The molecule has 1 atom stereocenters. The molecule has 174 valence electrons. The number of carbonyl (C=O) groups excluding carboxylic acids is 1. The summed E-state index contributed by atoms with van der Waals surface area (Å²) in [7, 11) is 0. The molecule has 0 fully saturated rings. The summed E-state index contributed by atoms with van der Waals surface area (Å²) in [6.07, 6.45) is 0.333. The zero-order valence-corrected chi connectivity index (χ0v) is 21.1. The van der Waals surface area contributed by atoms with Crippen molar-refractivity contribution in [2.24, 2.45) is 5.41 Å². The predicted molar refractivity (Wildman–Crippen MR) is 132 cm³/mol. The van der Waals surface area contributed by atoms with Gasteiger partial charge in [-0.2, -0.15) is 0 Å². The lowest BCUT2D eigenvalue weighted by atomic mass is 9.87. The molecular weight excluding hydrogens is 398 g/mol. The third-order valence-electron chi connectivity index (χ3n) is 6.25. The normalized spacial score (nSPS) is 16.0. The fourth-order valence-corrected chi connectivity index (χ4v) is 4.55. The molecule has 0 saturated carbocycles. The Hall–Kier alpha value is -2.33. The number of aliphatic hydroxyl groups excluding tert-OH is 1. The molecule has 2 N–H and O–H groups in total. The smallest absolute Gasteiger partial charge is 0.224 e. The number of rotatable bonds is 5. The van der Waals surface area contributed by atoms with Crippen molar-refractivity contribution in [1.29, 1.82) is 0 Å². The molecule has 0 aliphatic carbocycles. The lowest BCUT2D eigenvalue weighted by Crippen LogP contribution is -2.25. The van der Waals surface area contributed by atoms with E-state index in [1.807, 2.05) is 26.0 Å². The van der Waals surface area contributed by atoms with Crippen LogP contribution in [-0.2, 0) is 11.2 Å². The van der Waals surface area contributed by atoms with Gasteiger partial charge in [-0.05, 0) is 61.3 Å². The Morgan fingerprint density at radius 1 is 1.09 bits per heavy atom. The first-order chi connectivity index (χ1) is 14.7. The largest absolute Gasteiger partial charge is 0.487 e. The van der Waals surface area contributed by atoms with Gasteiger partial charge in [0.05, 0.1) is 0 Å². The van der Waals surface area contributed by atoms with Crippen LogP contribution in [0.2, 0.25) is 0 Å². The SMILES string of the molecule is Cc1c2c(c(C(O)c3ccc(C(C)C)cc3)c(C)c1NC(=O)CC(C)(C)C)OC(C)(C)C2. The Morgan fingerprint density at radius 3 is 2.19 bits per heavy atom. The van der Waals surface area contributed by atoms with E-state index in [0.717, 1.165) is 45.7 Å². The summed E-state index contributed by atoms with van der Waals surface area (Å²) in [5.74, 6) is 1.18. The molecular formula is C28H39NO3. The van der Waals surface area contributed by atoms with Crippen LogP contribution in [-0.4, -0.2) is 16.6 Å². The molecule has 0 saturated heterocycles. The van der Waals surface area contributed by atoms with Crippen molar-refractivity contribution in [2.45, 2.75) is 92.8 Å². The molecule has 2 aromatic rings. The molecule has 3 rings (SSSR count). The molecule has 4 heteroatoms. The van der Waals surface area contributed by atoms with Gasteiger partial charge in [-0.3, -0.25) is 4.79 Å². The number of anilines is 1. The van der Waals surface area contributed by atoms with Crippen LogP contribution in [0.1, 0.15) is 100 Å². The number of nitrogens with one attached hydrogen (secondary N) is 1. The molecule has 32 heavy (non-hydrogen) atoms. The van der Waals surface area contributed by atoms with Gasteiger partial charge in [0.15, 0.2) is 0 Å². The summed E-state index contributed by atoms with van der Waals surface area (Å²) in [5.41, 5.74) is 6.10. The third kappa shape index (κ3) is 5.01. The van der Waals surface area contributed by atoms with Crippen LogP contribution in [0.25, 0.3) is 0 Å². The minimum atomic E-state index is -0.835. The van der Waals surface area contributed by atoms with Crippen LogP contribution in [0.5, 0.6) is 5.75 Å². The van der Waals surface area contributed by atoms with Gasteiger partial charge in [0.2, 0.25) is 5.91 Å². The van der Waals surface area contributed by atoms with Crippen LogP contribution in [0.15, 0.2) is 24.3 Å². The second-order valence-electron chi connectivity index (χ2n) is 11.4. The number of benzene rings is 2. The molecule has 0 radical (unpaired) electrons. The van der Waals surface area contributed by atoms with Gasteiger partial charge in [0.1, 0.15) is 17.5 Å². The minimum absolute atomic E-state index is 0.0106. The fourth-order valence-electron chi connectivity index (χ4n) is 4.55. The molecule has 0 aromatic heterocycles. The summed E-state index contributed by atoms with van der Waals surface area (Å²) in [4.78, 5) is 12.8. The van der Waals surface area contributed by atoms with Gasteiger partial charge in [0, 0.05) is 29.7 Å². The van der Waals surface area contributed by atoms with E-state index in [4.69, 9.17) is 4.74 Å². The van der Waals surface area contributed by atoms with Crippen molar-refractivity contribution in [3.8, 4) is 5.75 Å². The first kappa shape index (κ1) is 24.3. The maximum absolute atomic E-state index is 12.8. The Morgan fingerprint density at radius 2 is 1.66 bits per heavy atom. The maximum Gasteiger partial charge on any atom is 0.224 e. The zero-order valence-electron chi connectivity index (χ0n) is 21.1. The van der Waals surface area contributed by atoms with Crippen LogP contribution in [0, 0.1) is 19.3 Å². The fraction of sp³-hybridized carbons (Fsp3) is 0.536. The Kier molecular flexibility index (Phi) is 6.50. The monoisotopic (exact) mass is 437 g/mol. The standard InChI is InChI=1S/C28H39NO3/c1-16(2)19-10-12-20(13-11-19)25(31)23-18(4)24(29-22(30)15-27(5,6)7)17(3)21-14-28(8,9)32-26(21)23/h10-13,16,25,31H,14-15H2,1-9H3,(H,29,30). The summed E-state index contributed by atoms with van der Waals surface area (Å²) in [6.45, 7) is 18.6. The number of ether oxygens (including phenoxy) is 1. The van der Waals surface area contributed by atoms with Crippen molar-refractivity contribution in [3.63, 3.8) is 0 Å². The van der Waals surface area contributed by atoms with Gasteiger partial charge >= 0.3 is 0 Å². The topological polar surface area (TPSA) is 58.6 Å². The van der Waals surface area contributed by atoms with Gasteiger partial charge in [-0.1, -0.05) is 58.9 Å². The highest BCUT2D eigenvalue weighted by molar-refractivity contribution is 5.93. The lowest BCUT2D eigenvalue weighted by Gasteiger charge is -2.25. The highest BCUT2D eigenvalue weighted by atomic mass is 16.5. The second kappa shape index (κ2) is 8.55. The first-order valence-electron chi connectivity index (χ1n) is 11.6. The Balaban J connectivity index is 2.10. The number of aliphatic hydroxyl groups is 1. The van der Waals surface area contributed by atoms with Gasteiger partial charge < -0.3 is 15.2 Å². The number of hydrogen-bond donors (Lipinski definition) is 2. The average Bonchev–Trinajstić information content (AvgIpc) is 2.99. The van der Waals surface area contributed by atoms with E-state index < -0.39 is 6.10 Å². The third-order valence-corrected chi connectivity index (χ3v) is 6.25. The Labute approximate surface area is 193 Å². The molecule has 4 nitrogen and oxygen atoms in total. The van der Waals surface area contributed by atoms with Crippen molar-refractivity contribution >= 4 is 11.6 Å². The van der Waals surface area contributed by atoms with E-state index in [0.29, 0.717) is 12.3 Å². The summed E-state index contributed by atoms with van der Waals surface area (Å²) < 4.78 is 6.36. The summed E-state index contributed by atoms with van der Waals surface area (Å²) >= 11 is 0. The zero-order chi connectivity index (χ0) is 24.0. The van der Waals surface area contributed by atoms with Crippen LogP contribution in [0.4, 0.5) is 5.69 Å². The summed E-state index contributed by atoms with van der Waals surface area (Å²) in [5, 5.41) is 14.6. The van der Waals surface area contributed by atoms with Crippen molar-refractivity contribution in [1.82, 2.24) is 0 Å². The lowest BCUT2D eigenvalue weighted by molar-refractivity contribution is -0.117. The first-order valence-corrected chi connectivity index (χ1v) is 11.6. The molecule has 0 spiro atoms. The highest BCUT2D eigenvalue weighted by Gasteiger charge is 2.37. The number of carbonyl (C=O) groups is 1. The minimum Gasteiger partial charge on any atom is -0.487 e. The highest BCUT2D eigenvalue weighted by Crippen LogP contribution is 2.48. The molecule has 1 amide bonds. The molecule has 0 bridgehead atoms. The van der Waals surface area contributed by atoms with Crippen LogP contribution >= 0.6 is 0 Å². The number of hydrogen-bond acceptors (Lipinski definition) is 3. The van der Waals surface area contributed by atoms with Gasteiger partial charge in [0.25, 0.3) is 0 Å². The van der Waals surface area contributed by atoms with Crippen LogP contribution in [0.3, 0.4) is 0 Å². The van der Waals surface area contributed by atoms with Gasteiger partial charge in [-0.15, -0.1) is 0 Å². The maximum atomic E-state index is 12.8. The van der Waals surface area contributed by atoms with Crippen LogP contribution < -0.4 is 10.1 Å². The summed E-state index contributed by atoms with van der Waals surface area (Å²) in [6, 6.07) is 8.13. The quantitative estimate of drug-likeness (QED) is 0.554. The molecule has 2 aromatic carbocycles. The van der Waals surface area contributed by atoms with E-state index in [1.54, 1.807) is 0 Å². The number of amides is 1. The molecule has 1 unspecified atom stereocenters. The van der Waals surface area contributed by atoms with E-state index in [9.17, 15) is 9.90 Å². The van der Waals surface area contributed by atoms with E-state index in [2.05, 4.69) is 65.9 Å². The van der Waals surface area contributed by atoms with Gasteiger partial charge in [-0.25, -0.2) is 0 Å².